The van der Waals surface area contributed by atoms with Crippen molar-refractivity contribution >= 4 is 28.4 Å². The highest BCUT2D eigenvalue weighted by molar-refractivity contribution is 6.02. The van der Waals surface area contributed by atoms with Gasteiger partial charge in [0.1, 0.15) is 5.65 Å². The number of nitrogens with zero attached hydrogens (tertiary/aromatic N) is 4. The minimum Gasteiger partial charge on any atom is -0.396 e. The summed E-state index contributed by atoms with van der Waals surface area (Å²) in [6.45, 7) is 0.296. The molecular formula is C24H27N7O2. The van der Waals surface area contributed by atoms with Crippen LogP contribution in [0.2, 0.25) is 0 Å². The molecule has 0 radical (unpaired) electrons. The van der Waals surface area contributed by atoms with Crippen LogP contribution in [0.5, 0.6) is 0 Å². The molecule has 4 aromatic rings. The summed E-state index contributed by atoms with van der Waals surface area (Å²) in [6.07, 6.45) is 12.8. The Balaban J connectivity index is 1.24. The molecule has 1 unspecified atom stereocenters. The van der Waals surface area contributed by atoms with Gasteiger partial charge in [0, 0.05) is 49.2 Å². The first kappa shape index (κ1) is 20.2. The van der Waals surface area contributed by atoms with E-state index < -0.39 is 0 Å². The van der Waals surface area contributed by atoms with Crippen molar-refractivity contribution in [2.75, 3.05) is 19.0 Å². The van der Waals surface area contributed by atoms with E-state index >= 15 is 0 Å². The summed E-state index contributed by atoms with van der Waals surface area (Å²) < 4.78 is 1.70. The number of pyridine rings is 1. The molecule has 2 saturated carbocycles. The Morgan fingerprint density at radius 2 is 2.30 bits per heavy atom. The molecule has 4 heterocycles. The maximum Gasteiger partial charge on any atom is 0.254 e. The quantitative estimate of drug-likeness (QED) is 0.362. The molecule has 33 heavy (non-hydrogen) atoms. The SMILES string of the molecule is CNC(=O)c1cnn2ccc(-c3c[nH]c4nc(N[C@H]5CC[C@]6(CCO)CC6C5)ncc34)cc12. The fourth-order valence-corrected chi connectivity index (χ4v) is 5.64. The van der Waals surface area contributed by atoms with Crippen LogP contribution in [0.25, 0.3) is 27.7 Å². The summed E-state index contributed by atoms with van der Waals surface area (Å²) in [5, 5.41) is 20.7. The number of carbonyl (C=O) groups is 1. The third kappa shape index (κ3) is 3.34. The molecule has 0 saturated heterocycles. The van der Waals surface area contributed by atoms with Gasteiger partial charge in [0.05, 0.1) is 17.3 Å². The monoisotopic (exact) mass is 445 g/mol. The molecule has 9 nitrogen and oxygen atoms in total. The summed E-state index contributed by atoms with van der Waals surface area (Å²) in [6, 6.07) is 4.31. The van der Waals surface area contributed by atoms with Gasteiger partial charge in [-0.3, -0.25) is 4.79 Å². The Morgan fingerprint density at radius 3 is 3.12 bits per heavy atom. The number of anilines is 1. The van der Waals surface area contributed by atoms with Gasteiger partial charge in [0.25, 0.3) is 5.91 Å². The van der Waals surface area contributed by atoms with Gasteiger partial charge in [-0.05, 0) is 61.1 Å². The zero-order valence-corrected chi connectivity index (χ0v) is 18.5. The number of H-pyrrole nitrogens is 1. The topological polar surface area (TPSA) is 120 Å². The molecule has 0 aliphatic heterocycles. The van der Waals surface area contributed by atoms with Crippen LogP contribution in [0.3, 0.4) is 0 Å². The predicted molar refractivity (Wildman–Crippen MR) is 125 cm³/mol. The first-order valence-corrected chi connectivity index (χ1v) is 11.5. The molecule has 4 aromatic heterocycles. The van der Waals surface area contributed by atoms with Gasteiger partial charge in [-0.1, -0.05) is 0 Å². The number of aromatic amines is 1. The summed E-state index contributed by atoms with van der Waals surface area (Å²) >= 11 is 0. The molecule has 2 aliphatic rings. The third-order valence-corrected chi connectivity index (χ3v) is 7.60. The number of rotatable bonds is 6. The van der Waals surface area contributed by atoms with Crippen molar-refractivity contribution in [3.63, 3.8) is 0 Å². The standard InChI is InChI=1S/C24H27N7O2/c1-25-22(33)19-13-28-31-6-3-14(8-20(19)31)17-11-26-21-18(17)12-27-23(30-21)29-16-2-4-24(5-7-32)10-15(24)9-16/h3,6,8,11-13,15-16,32H,2,4-5,7,9-10H2,1H3,(H,25,33)(H2,26,27,29,30)/t15?,16-,24-/m0/s1. The molecule has 9 heteroatoms. The van der Waals surface area contributed by atoms with Gasteiger partial charge in [0.15, 0.2) is 0 Å². The third-order valence-electron chi connectivity index (χ3n) is 7.60. The van der Waals surface area contributed by atoms with Crippen LogP contribution >= 0.6 is 0 Å². The van der Waals surface area contributed by atoms with E-state index in [1.165, 1.54) is 12.8 Å². The molecule has 0 aromatic carbocycles. The Kier molecular flexibility index (Phi) is 4.62. The molecule has 0 bridgehead atoms. The van der Waals surface area contributed by atoms with Gasteiger partial charge in [0.2, 0.25) is 5.95 Å². The second kappa shape index (κ2) is 7.55. The number of aliphatic hydroxyl groups is 1. The predicted octanol–water partition coefficient (Wildman–Crippen LogP) is 2.99. The van der Waals surface area contributed by atoms with E-state index in [2.05, 4.69) is 25.7 Å². The second-order valence-electron chi connectivity index (χ2n) is 9.39. The van der Waals surface area contributed by atoms with E-state index in [0.29, 0.717) is 29.6 Å². The van der Waals surface area contributed by atoms with E-state index in [9.17, 15) is 9.90 Å². The van der Waals surface area contributed by atoms with E-state index in [1.807, 2.05) is 30.7 Å². The van der Waals surface area contributed by atoms with Crippen LogP contribution in [-0.2, 0) is 0 Å². The van der Waals surface area contributed by atoms with Crippen LogP contribution in [0, 0.1) is 11.3 Å². The lowest BCUT2D eigenvalue weighted by Crippen LogP contribution is -2.28. The van der Waals surface area contributed by atoms with Crippen molar-refractivity contribution in [3.05, 3.63) is 42.5 Å². The fourth-order valence-electron chi connectivity index (χ4n) is 5.64. The van der Waals surface area contributed by atoms with Crippen molar-refractivity contribution in [2.24, 2.45) is 11.3 Å². The lowest BCUT2D eigenvalue weighted by molar-refractivity contribution is 0.0964. The molecule has 0 spiro atoms. The Morgan fingerprint density at radius 1 is 1.39 bits per heavy atom. The summed E-state index contributed by atoms with van der Waals surface area (Å²) in [4.78, 5) is 24.8. The Bertz CT molecular complexity index is 1360. The first-order valence-electron chi connectivity index (χ1n) is 11.5. The normalized spacial score (nSPS) is 24.1. The number of amides is 1. The number of nitrogens with one attached hydrogen (secondary N) is 3. The van der Waals surface area contributed by atoms with Crippen LogP contribution < -0.4 is 10.6 Å². The molecule has 1 amide bonds. The van der Waals surface area contributed by atoms with Gasteiger partial charge in [-0.25, -0.2) is 9.50 Å². The maximum absolute atomic E-state index is 12.2. The van der Waals surface area contributed by atoms with Crippen molar-refractivity contribution < 1.29 is 9.90 Å². The second-order valence-corrected chi connectivity index (χ2v) is 9.39. The van der Waals surface area contributed by atoms with E-state index in [-0.39, 0.29) is 5.91 Å². The lowest BCUT2D eigenvalue weighted by atomic mass is 9.83. The Labute approximate surface area is 190 Å². The molecular weight excluding hydrogens is 418 g/mol. The van der Waals surface area contributed by atoms with Gasteiger partial charge in [-0.2, -0.15) is 10.1 Å². The fraction of sp³-hybridized carbons (Fsp3) is 0.417. The summed E-state index contributed by atoms with van der Waals surface area (Å²) in [5.41, 5.74) is 4.40. The smallest absolute Gasteiger partial charge is 0.254 e. The molecule has 2 aliphatic carbocycles. The van der Waals surface area contributed by atoms with Gasteiger partial charge in [-0.15, -0.1) is 0 Å². The lowest BCUT2D eigenvalue weighted by Gasteiger charge is -2.28. The number of hydrogen-bond acceptors (Lipinski definition) is 6. The number of aromatic nitrogens is 5. The average Bonchev–Trinajstić information content (AvgIpc) is 3.16. The van der Waals surface area contributed by atoms with Crippen LogP contribution in [0.4, 0.5) is 5.95 Å². The van der Waals surface area contributed by atoms with Crippen molar-refractivity contribution in [3.8, 4) is 11.1 Å². The molecule has 6 rings (SSSR count). The Hall–Kier alpha value is -3.46. The molecule has 2 fully saturated rings. The molecule has 4 N–H and O–H groups in total. The van der Waals surface area contributed by atoms with Crippen molar-refractivity contribution in [1.82, 2.24) is 29.9 Å². The summed E-state index contributed by atoms with van der Waals surface area (Å²) in [5.74, 6) is 1.20. The van der Waals surface area contributed by atoms with Crippen LogP contribution in [-0.4, -0.2) is 55.3 Å². The van der Waals surface area contributed by atoms with Crippen molar-refractivity contribution in [1.29, 1.82) is 0 Å². The highest BCUT2D eigenvalue weighted by atomic mass is 16.3. The molecule has 3 atom stereocenters. The minimum absolute atomic E-state index is 0.164. The van der Waals surface area contributed by atoms with Crippen molar-refractivity contribution in [2.45, 2.75) is 38.1 Å². The number of carbonyl (C=O) groups excluding carboxylic acids is 1. The van der Waals surface area contributed by atoms with E-state index in [4.69, 9.17) is 4.98 Å². The average molecular weight is 446 g/mol. The van der Waals surface area contributed by atoms with Gasteiger partial charge < -0.3 is 20.7 Å². The zero-order valence-electron chi connectivity index (χ0n) is 18.5. The van der Waals surface area contributed by atoms with E-state index in [0.717, 1.165) is 52.9 Å². The maximum atomic E-state index is 12.2. The number of aliphatic hydroxyl groups excluding tert-OH is 1. The van der Waals surface area contributed by atoms with Gasteiger partial charge >= 0.3 is 0 Å². The highest BCUT2D eigenvalue weighted by Gasteiger charge is 2.55. The summed E-state index contributed by atoms with van der Waals surface area (Å²) in [7, 11) is 1.61. The van der Waals surface area contributed by atoms with E-state index in [1.54, 1.807) is 17.8 Å². The minimum atomic E-state index is -0.164. The number of hydrogen-bond donors (Lipinski definition) is 4. The highest BCUT2D eigenvalue weighted by Crippen LogP contribution is 2.63. The van der Waals surface area contributed by atoms with Crippen LogP contribution in [0.1, 0.15) is 42.5 Å². The van der Waals surface area contributed by atoms with Crippen LogP contribution in [0.15, 0.2) is 36.9 Å². The zero-order chi connectivity index (χ0) is 22.6. The first-order chi connectivity index (χ1) is 16.1. The molecule has 170 valence electrons. The number of fused-ring (bicyclic) bond motifs is 3. The largest absolute Gasteiger partial charge is 0.396 e.